The summed E-state index contributed by atoms with van der Waals surface area (Å²) in [4.78, 5) is 53.5. The highest BCUT2D eigenvalue weighted by Crippen LogP contribution is 2.51. The van der Waals surface area contributed by atoms with Gasteiger partial charge in [-0.1, -0.05) is 18.3 Å². The van der Waals surface area contributed by atoms with Gasteiger partial charge in [0.1, 0.15) is 16.0 Å². The number of amides is 4. The summed E-state index contributed by atoms with van der Waals surface area (Å²) in [5.74, 6) is 0.475. The molecule has 0 spiro atoms. The van der Waals surface area contributed by atoms with Gasteiger partial charge in [-0.25, -0.2) is 14.8 Å². The zero-order valence-corrected chi connectivity index (χ0v) is 22.5. The van der Waals surface area contributed by atoms with Gasteiger partial charge in [0, 0.05) is 36.1 Å². The molecule has 0 saturated heterocycles. The third-order valence-electron chi connectivity index (χ3n) is 7.25. The van der Waals surface area contributed by atoms with Crippen LogP contribution in [0.2, 0.25) is 0 Å². The van der Waals surface area contributed by atoms with E-state index in [-0.39, 0.29) is 29.9 Å². The Kier molecular flexibility index (Phi) is 6.84. The number of pyridine rings is 3. The second kappa shape index (κ2) is 10.6. The third-order valence-corrected chi connectivity index (χ3v) is 8.54. The molecule has 3 aliphatic rings. The Morgan fingerprint density at radius 2 is 1.98 bits per heavy atom. The van der Waals surface area contributed by atoms with Gasteiger partial charge in [0.15, 0.2) is 0 Å². The first-order valence-corrected chi connectivity index (χ1v) is 13.9. The highest BCUT2D eigenvalue weighted by Gasteiger charge is 2.47. The number of hydrogen-bond acceptors (Lipinski definition) is 8. The quantitative estimate of drug-likeness (QED) is 0.374. The van der Waals surface area contributed by atoms with Gasteiger partial charge in [0.2, 0.25) is 17.7 Å². The molecule has 0 bridgehead atoms. The number of nitrogens with one attached hydrogen (secondary N) is 3. The Balaban J connectivity index is 1.23. The van der Waals surface area contributed by atoms with Gasteiger partial charge in [-0.05, 0) is 56.5 Å². The lowest BCUT2D eigenvalue weighted by molar-refractivity contribution is -0.122. The highest BCUT2D eigenvalue weighted by atomic mass is 32.2. The second-order valence-corrected chi connectivity index (χ2v) is 10.9. The molecular formula is C28H27N7O4S. The fraction of sp³-hybridized carbons (Fsp3) is 0.286. The number of aryl methyl sites for hydroxylation is 1. The van der Waals surface area contributed by atoms with Crippen molar-refractivity contribution in [3.63, 3.8) is 0 Å². The Morgan fingerprint density at radius 1 is 1.15 bits per heavy atom. The fourth-order valence-electron chi connectivity index (χ4n) is 5.43. The van der Waals surface area contributed by atoms with Crippen LogP contribution in [-0.4, -0.2) is 50.1 Å². The summed E-state index contributed by atoms with van der Waals surface area (Å²) in [6.45, 7) is 5.31. The largest absolute Gasteiger partial charge is 0.437 e. The number of carbonyl (C=O) groups excluding carboxylic acids is 3. The second-order valence-electron chi connectivity index (χ2n) is 9.76. The molecule has 40 heavy (non-hydrogen) atoms. The Hall–Kier alpha value is -4.45. The van der Waals surface area contributed by atoms with Crippen LogP contribution in [0.3, 0.4) is 0 Å². The third kappa shape index (κ3) is 4.75. The number of aromatic nitrogens is 3. The average Bonchev–Trinajstić information content (AvgIpc) is 3.55. The van der Waals surface area contributed by atoms with Crippen LogP contribution in [0.25, 0.3) is 0 Å². The molecule has 12 heteroatoms. The lowest BCUT2D eigenvalue weighted by atomic mass is 9.99. The molecule has 11 nitrogen and oxygen atoms in total. The maximum Gasteiger partial charge on any atom is 0.327 e. The predicted octanol–water partition coefficient (Wildman–Crippen LogP) is 3.69. The van der Waals surface area contributed by atoms with Gasteiger partial charge in [-0.3, -0.25) is 19.5 Å². The van der Waals surface area contributed by atoms with Crippen molar-refractivity contribution < 1.29 is 19.1 Å². The molecule has 3 aromatic rings. The summed E-state index contributed by atoms with van der Waals surface area (Å²) in [5, 5.41) is 9.14. The summed E-state index contributed by atoms with van der Waals surface area (Å²) in [5.41, 5.74) is 2.64. The minimum absolute atomic E-state index is 0.158. The molecule has 1 fully saturated rings. The van der Waals surface area contributed by atoms with Crippen molar-refractivity contribution in [1.29, 1.82) is 0 Å². The molecule has 5 heterocycles. The number of urea groups is 1. The van der Waals surface area contributed by atoms with Crippen LogP contribution in [0, 0.1) is 6.92 Å². The summed E-state index contributed by atoms with van der Waals surface area (Å²) in [7, 11) is 0. The van der Waals surface area contributed by atoms with E-state index in [1.807, 2.05) is 0 Å². The summed E-state index contributed by atoms with van der Waals surface area (Å²) in [6, 6.07) is 7.56. The van der Waals surface area contributed by atoms with Gasteiger partial charge >= 0.3 is 6.03 Å². The molecule has 6 rings (SSSR count). The van der Waals surface area contributed by atoms with Gasteiger partial charge in [0.05, 0.1) is 29.3 Å². The van der Waals surface area contributed by atoms with E-state index in [4.69, 9.17) is 4.74 Å². The van der Waals surface area contributed by atoms with E-state index in [0.29, 0.717) is 33.7 Å². The van der Waals surface area contributed by atoms with Crippen LogP contribution in [0.15, 0.2) is 66.6 Å². The fourth-order valence-corrected chi connectivity index (χ4v) is 6.66. The molecule has 2 aliphatic heterocycles. The predicted molar refractivity (Wildman–Crippen MR) is 148 cm³/mol. The normalized spacial score (nSPS) is 22.7. The standard InChI is InChI=1S/C28H27N7O4S/c1-3-21(36)32-17-7-4-8-18(17)33-26(37)25-24-23-20(11-13-30-27(23)40-25)35(28(38)34-24)19-9-10-22(31-15(19)2)39-16-6-5-12-29-14-16/h3,5-6,9-14,17-18,24-25H,1,4,7-8H2,2H3,(H,32,36)(H,33,37)(H,34,38)/t17-,18+,24?,25?/m0/s1. The van der Waals surface area contributed by atoms with Crippen molar-refractivity contribution in [3.8, 4) is 11.6 Å². The lowest BCUT2D eigenvalue weighted by Crippen LogP contribution is -2.53. The zero-order valence-electron chi connectivity index (χ0n) is 21.7. The van der Waals surface area contributed by atoms with Crippen molar-refractivity contribution in [2.24, 2.45) is 0 Å². The van der Waals surface area contributed by atoms with Crippen LogP contribution in [0.1, 0.15) is 36.6 Å². The van der Waals surface area contributed by atoms with Crippen molar-refractivity contribution in [2.75, 3.05) is 4.90 Å². The van der Waals surface area contributed by atoms with Crippen LogP contribution in [0.5, 0.6) is 11.6 Å². The first-order chi connectivity index (χ1) is 19.4. The van der Waals surface area contributed by atoms with Crippen LogP contribution in [0.4, 0.5) is 16.2 Å². The minimum atomic E-state index is -0.597. The number of carbonyl (C=O) groups is 3. The number of hydrogen-bond donors (Lipinski definition) is 3. The maximum absolute atomic E-state index is 13.5. The Bertz CT molecular complexity index is 1500. The Morgan fingerprint density at radius 3 is 2.73 bits per heavy atom. The van der Waals surface area contributed by atoms with Gasteiger partial charge in [0.25, 0.3) is 0 Å². The number of anilines is 2. The van der Waals surface area contributed by atoms with Crippen LogP contribution in [-0.2, 0) is 9.59 Å². The molecule has 0 radical (unpaired) electrons. The highest BCUT2D eigenvalue weighted by molar-refractivity contribution is 8.01. The van der Waals surface area contributed by atoms with Crippen molar-refractivity contribution in [3.05, 3.63) is 72.8 Å². The van der Waals surface area contributed by atoms with E-state index in [9.17, 15) is 14.4 Å². The first kappa shape index (κ1) is 25.8. The Labute approximate surface area is 234 Å². The van der Waals surface area contributed by atoms with Gasteiger partial charge < -0.3 is 20.7 Å². The topological polar surface area (TPSA) is 138 Å². The van der Waals surface area contributed by atoms with Crippen molar-refractivity contribution >= 4 is 41.0 Å². The smallest absolute Gasteiger partial charge is 0.327 e. The number of thioether (sulfide) groups is 1. The summed E-state index contributed by atoms with van der Waals surface area (Å²) >= 11 is 1.33. The van der Waals surface area contributed by atoms with E-state index in [0.717, 1.165) is 24.8 Å². The molecule has 1 saturated carbocycles. The molecule has 3 N–H and O–H groups in total. The maximum atomic E-state index is 13.5. The van der Waals surface area contributed by atoms with E-state index in [1.54, 1.807) is 60.7 Å². The number of nitrogens with zero attached hydrogens (tertiary/aromatic N) is 4. The van der Waals surface area contributed by atoms with Crippen LogP contribution < -0.4 is 25.6 Å². The molecule has 2 unspecified atom stereocenters. The summed E-state index contributed by atoms with van der Waals surface area (Å²) in [6.07, 6.45) is 8.57. The molecule has 204 valence electrons. The average molecular weight is 558 g/mol. The first-order valence-electron chi connectivity index (χ1n) is 13.0. The molecule has 1 aliphatic carbocycles. The molecule has 4 amide bonds. The van der Waals surface area contributed by atoms with E-state index < -0.39 is 11.3 Å². The van der Waals surface area contributed by atoms with Crippen molar-refractivity contribution in [2.45, 2.75) is 54.6 Å². The SMILES string of the molecule is C=CC(=O)N[C@H]1CCC[C@H]1NC(=O)C1Sc2nccc3c2C1NC(=O)N3c1ccc(Oc2cccnc2)nc1C. The number of rotatable bonds is 7. The summed E-state index contributed by atoms with van der Waals surface area (Å²) < 4.78 is 5.80. The van der Waals surface area contributed by atoms with E-state index >= 15 is 0 Å². The molecular weight excluding hydrogens is 530 g/mol. The minimum Gasteiger partial charge on any atom is -0.437 e. The van der Waals surface area contributed by atoms with Gasteiger partial charge in [-0.2, -0.15) is 0 Å². The molecule has 4 atom stereocenters. The van der Waals surface area contributed by atoms with Crippen molar-refractivity contribution in [1.82, 2.24) is 30.9 Å². The van der Waals surface area contributed by atoms with E-state index in [2.05, 4.69) is 37.5 Å². The monoisotopic (exact) mass is 557 g/mol. The zero-order chi connectivity index (χ0) is 27.8. The van der Waals surface area contributed by atoms with Gasteiger partial charge in [-0.15, -0.1) is 0 Å². The lowest BCUT2D eigenvalue weighted by Gasteiger charge is -2.35. The number of ether oxygens (including phenoxy) is 1. The van der Waals surface area contributed by atoms with E-state index in [1.165, 1.54) is 17.8 Å². The van der Waals surface area contributed by atoms with Crippen LogP contribution >= 0.6 is 11.8 Å². The molecule has 0 aromatic carbocycles. The molecule has 3 aromatic heterocycles.